The van der Waals surface area contributed by atoms with Crippen molar-refractivity contribution in [2.24, 2.45) is 0 Å². The maximum Gasteiger partial charge on any atom is 0.138 e. The van der Waals surface area contributed by atoms with Crippen LogP contribution < -0.4 is 10.5 Å². The molecule has 2 aromatic rings. The van der Waals surface area contributed by atoms with Gasteiger partial charge in [0.1, 0.15) is 5.75 Å². The minimum Gasteiger partial charge on any atom is -0.489 e. The summed E-state index contributed by atoms with van der Waals surface area (Å²) < 4.78 is 5.59. The third-order valence-corrected chi connectivity index (χ3v) is 2.25. The topological polar surface area (TPSA) is 61.0 Å². The number of rotatable bonds is 3. The molecule has 2 aromatic heterocycles. The third kappa shape index (κ3) is 2.72. The maximum atomic E-state index is 5.90. The molecule has 4 nitrogen and oxygen atoms in total. The highest BCUT2D eigenvalue weighted by atomic mass is 16.5. The van der Waals surface area contributed by atoms with Crippen LogP contribution in [0.1, 0.15) is 13.8 Å². The Morgan fingerprint density at radius 1 is 1.18 bits per heavy atom. The molecule has 0 aliphatic rings. The fourth-order valence-corrected chi connectivity index (χ4v) is 1.55. The lowest BCUT2D eigenvalue weighted by molar-refractivity contribution is 0.241. The van der Waals surface area contributed by atoms with Crippen molar-refractivity contribution >= 4 is 5.69 Å². The van der Waals surface area contributed by atoms with Crippen LogP contribution in [0.5, 0.6) is 5.75 Å². The Morgan fingerprint density at radius 3 is 2.71 bits per heavy atom. The second-order valence-electron chi connectivity index (χ2n) is 4.04. The summed E-state index contributed by atoms with van der Waals surface area (Å²) in [5.41, 5.74) is 8.36. The predicted molar refractivity (Wildman–Crippen MR) is 67.6 cm³/mol. The molecule has 0 aliphatic heterocycles. The molecule has 2 N–H and O–H groups in total. The van der Waals surface area contributed by atoms with Gasteiger partial charge in [-0.25, -0.2) is 0 Å². The van der Waals surface area contributed by atoms with Gasteiger partial charge < -0.3 is 10.5 Å². The lowest BCUT2D eigenvalue weighted by Gasteiger charge is -2.11. The standard InChI is InChI=1S/C13H15N3O/c1-9(2)17-11-5-10(6-16-7-11)12-8-15-4-3-13(12)14/h3-9H,1-2H3,(H2,14,15). The van der Waals surface area contributed by atoms with Crippen molar-refractivity contribution in [3.05, 3.63) is 36.9 Å². The predicted octanol–water partition coefficient (Wildman–Crippen LogP) is 2.51. The number of aromatic nitrogens is 2. The zero-order chi connectivity index (χ0) is 12.3. The summed E-state index contributed by atoms with van der Waals surface area (Å²) in [5.74, 6) is 0.737. The Balaban J connectivity index is 2.37. The van der Waals surface area contributed by atoms with Crippen molar-refractivity contribution in [2.75, 3.05) is 5.73 Å². The molecular weight excluding hydrogens is 214 g/mol. The van der Waals surface area contributed by atoms with Crippen LogP contribution in [0.4, 0.5) is 5.69 Å². The maximum absolute atomic E-state index is 5.90. The minimum absolute atomic E-state index is 0.123. The summed E-state index contributed by atoms with van der Waals surface area (Å²) in [6.45, 7) is 3.95. The lowest BCUT2D eigenvalue weighted by atomic mass is 10.1. The van der Waals surface area contributed by atoms with E-state index in [-0.39, 0.29) is 6.10 Å². The summed E-state index contributed by atoms with van der Waals surface area (Å²) in [7, 11) is 0. The van der Waals surface area contributed by atoms with Gasteiger partial charge in [-0.05, 0) is 26.0 Å². The average Bonchev–Trinajstić information content (AvgIpc) is 2.29. The molecule has 0 saturated carbocycles. The number of pyridine rings is 2. The summed E-state index contributed by atoms with van der Waals surface area (Å²) >= 11 is 0. The van der Waals surface area contributed by atoms with E-state index in [2.05, 4.69) is 9.97 Å². The molecule has 0 bridgehead atoms. The van der Waals surface area contributed by atoms with Gasteiger partial charge in [0.2, 0.25) is 0 Å². The number of anilines is 1. The number of nitrogen functional groups attached to an aromatic ring is 1. The second kappa shape index (κ2) is 4.82. The van der Waals surface area contributed by atoms with Crippen molar-refractivity contribution in [1.82, 2.24) is 9.97 Å². The Kier molecular flexibility index (Phi) is 3.23. The molecule has 0 atom stereocenters. The molecule has 0 aromatic carbocycles. The first-order valence-corrected chi connectivity index (χ1v) is 5.48. The van der Waals surface area contributed by atoms with Crippen molar-refractivity contribution in [2.45, 2.75) is 20.0 Å². The average molecular weight is 229 g/mol. The first kappa shape index (κ1) is 11.4. The monoisotopic (exact) mass is 229 g/mol. The van der Waals surface area contributed by atoms with Gasteiger partial charge >= 0.3 is 0 Å². The molecule has 88 valence electrons. The van der Waals surface area contributed by atoms with Crippen molar-refractivity contribution in [1.29, 1.82) is 0 Å². The molecule has 0 fully saturated rings. The van der Waals surface area contributed by atoms with Gasteiger partial charge in [-0.2, -0.15) is 0 Å². The van der Waals surface area contributed by atoms with E-state index >= 15 is 0 Å². The van der Waals surface area contributed by atoms with E-state index in [1.807, 2.05) is 19.9 Å². The summed E-state index contributed by atoms with van der Waals surface area (Å²) in [5, 5.41) is 0. The highest BCUT2D eigenvalue weighted by molar-refractivity contribution is 5.75. The highest BCUT2D eigenvalue weighted by Crippen LogP contribution is 2.26. The van der Waals surface area contributed by atoms with Crippen molar-refractivity contribution < 1.29 is 4.74 Å². The number of nitrogens with zero attached hydrogens (tertiary/aromatic N) is 2. The first-order chi connectivity index (χ1) is 8.16. The quantitative estimate of drug-likeness (QED) is 0.878. The van der Waals surface area contributed by atoms with E-state index in [0.717, 1.165) is 16.9 Å². The van der Waals surface area contributed by atoms with E-state index < -0.39 is 0 Å². The molecule has 0 amide bonds. The van der Waals surface area contributed by atoms with E-state index in [4.69, 9.17) is 10.5 Å². The molecular formula is C13H15N3O. The first-order valence-electron chi connectivity index (χ1n) is 5.48. The van der Waals surface area contributed by atoms with Gasteiger partial charge in [-0.15, -0.1) is 0 Å². The van der Waals surface area contributed by atoms with Crippen LogP contribution in [-0.2, 0) is 0 Å². The smallest absolute Gasteiger partial charge is 0.138 e. The van der Waals surface area contributed by atoms with Gasteiger partial charge in [0.15, 0.2) is 0 Å². The molecule has 0 radical (unpaired) electrons. The molecule has 0 spiro atoms. The van der Waals surface area contributed by atoms with Gasteiger partial charge in [0.05, 0.1) is 12.3 Å². The molecule has 4 heteroatoms. The van der Waals surface area contributed by atoms with E-state index in [1.165, 1.54) is 0 Å². The molecule has 17 heavy (non-hydrogen) atoms. The lowest BCUT2D eigenvalue weighted by Crippen LogP contribution is -2.05. The molecule has 2 rings (SSSR count). The van der Waals surface area contributed by atoms with E-state index in [0.29, 0.717) is 5.69 Å². The molecule has 0 saturated heterocycles. The van der Waals surface area contributed by atoms with Crippen LogP contribution in [0.25, 0.3) is 11.1 Å². The number of ether oxygens (including phenoxy) is 1. The Morgan fingerprint density at radius 2 is 2.00 bits per heavy atom. The fraction of sp³-hybridized carbons (Fsp3) is 0.231. The van der Waals surface area contributed by atoms with Crippen LogP contribution in [0.2, 0.25) is 0 Å². The van der Waals surface area contributed by atoms with Crippen LogP contribution in [-0.4, -0.2) is 16.1 Å². The van der Waals surface area contributed by atoms with Crippen molar-refractivity contribution in [3.8, 4) is 16.9 Å². The molecule has 0 unspecified atom stereocenters. The van der Waals surface area contributed by atoms with Crippen LogP contribution in [0.3, 0.4) is 0 Å². The summed E-state index contributed by atoms with van der Waals surface area (Å²) in [6.07, 6.45) is 6.96. The Bertz CT molecular complexity index is 512. The van der Waals surface area contributed by atoms with Crippen LogP contribution in [0, 0.1) is 0 Å². The normalized spacial score (nSPS) is 10.5. The molecule has 0 aliphatic carbocycles. The van der Waals surface area contributed by atoms with Gasteiger partial charge in [-0.1, -0.05) is 0 Å². The largest absolute Gasteiger partial charge is 0.489 e. The minimum atomic E-state index is 0.123. The Hall–Kier alpha value is -2.10. The Labute approximate surface area is 100 Å². The zero-order valence-corrected chi connectivity index (χ0v) is 9.92. The number of nitrogens with two attached hydrogens (primary N) is 1. The highest BCUT2D eigenvalue weighted by Gasteiger charge is 2.05. The van der Waals surface area contributed by atoms with Gasteiger partial charge in [0.25, 0.3) is 0 Å². The fourth-order valence-electron chi connectivity index (χ4n) is 1.55. The zero-order valence-electron chi connectivity index (χ0n) is 9.92. The van der Waals surface area contributed by atoms with Gasteiger partial charge in [-0.3, -0.25) is 9.97 Å². The third-order valence-electron chi connectivity index (χ3n) is 2.25. The molecule has 2 heterocycles. The SMILES string of the molecule is CC(C)Oc1cncc(-c2cnccc2N)c1. The number of hydrogen-bond acceptors (Lipinski definition) is 4. The van der Waals surface area contributed by atoms with E-state index in [9.17, 15) is 0 Å². The second-order valence-corrected chi connectivity index (χ2v) is 4.04. The summed E-state index contributed by atoms with van der Waals surface area (Å²) in [4.78, 5) is 8.21. The van der Waals surface area contributed by atoms with Crippen molar-refractivity contribution in [3.63, 3.8) is 0 Å². The van der Waals surface area contributed by atoms with Crippen LogP contribution >= 0.6 is 0 Å². The van der Waals surface area contributed by atoms with Crippen LogP contribution in [0.15, 0.2) is 36.9 Å². The van der Waals surface area contributed by atoms with Gasteiger partial charge in [0, 0.05) is 35.4 Å². The number of hydrogen-bond donors (Lipinski definition) is 1. The van der Waals surface area contributed by atoms with E-state index in [1.54, 1.807) is 30.9 Å². The summed E-state index contributed by atoms with van der Waals surface area (Å²) in [6, 6.07) is 3.69.